The number of nitrogens with zero attached hydrogens (tertiary/aromatic N) is 6. The Morgan fingerprint density at radius 1 is 1.19 bits per heavy atom. The average Bonchev–Trinajstić information content (AvgIpc) is 3.17. The Kier molecular flexibility index (Phi) is 3.61. The lowest BCUT2D eigenvalue weighted by molar-refractivity contribution is -0.129. The number of carbonyl (C=O) groups is 2. The molecule has 0 radical (unpaired) electrons. The van der Waals surface area contributed by atoms with E-state index in [0.29, 0.717) is 22.5 Å². The number of hydrazone groups is 1. The highest BCUT2D eigenvalue weighted by Gasteiger charge is 2.41. The second kappa shape index (κ2) is 5.83. The maximum atomic E-state index is 13.2. The molecule has 130 valence electrons. The molecule has 0 N–H and O–H groups in total. The lowest BCUT2D eigenvalue weighted by atomic mass is 9.90. The van der Waals surface area contributed by atoms with Crippen LogP contribution >= 0.6 is 0 Å². The number of aromatic nitrogens is 4. The van der Waals surface area contributed by atoms with Crippen molar-refractivity contribution in [2.45, 2.75) is 13.8 Å². The van der Waals surface area contributed by atoms with Gasteiger partial charge in [-0.1, -0.05) is 0 Å². The molecule has 3 aromatic heterocycles. The molecule has 1 amide bonds. The van der Waals surface area contributed by atoms with Crippen LogP contribution in [0.1, 0.15) is 27.3 Å². The van der Waals surface area contributed by atoms with Gasteiger partial charge in [0.25, 0.3) is 5.91 Å². The van der Waals surface area contributed by atoms with Crippen molar-refractivity contribution in [2.24, 2.45) is 11.0 Å². The third-order valence-corrected chi connectivity index (χ3v) is 4.38. The SMILES string of the molecule is Cc1cc(C)n2ncc(C(=O)C3C(=O)N(C)N=C3c3ccncc3)c2n1. The zero-order chi connectivity index (χ0) is 18.4. The molecular formula is C18H16N6O2. The quantitative estimate of drug-likeness (QED) is 0.527. The lowest BCUT2D eigenvalue weighted by Gasteiger charge is -2.10. The van der Waals surface area contributed by atoms with E-state index in [4.69, 9.17) is 0 Å². The first kappa shape index (κ1) is 16.1. The molecule has 3 aromatic rings. The van der Waals surface area contributed by atoms with Crippen molar-refractivity contribution in [2.75, 3.05) is 7.05 Å². The van der Waals surface area contributed by atoms with Gasteiger partial charge in [-0.2, -0.15) is 10.2 Å². The number of carbonyl (C=O) groups excluding carboxylic acids is 2. The van der Waals surface area contributed by atoms with E-state index >= 15 is 0 Å². The number of rotatable bonds is 3. The van der Waals surface area contributed by atoms with Crippen LogP contribution in [0.25, 0.3) is 5.65 Å². The molecule has 8 nitrogen and oxygen atoms in total. The summed E-state index contributed by atoms with van der Waals surface area (Å²) >= 11 is 0. The van der Waals surface area contributed by atoms with E-state index in [1.807, 2.05) is 19.9 Å². The van der Waals surface area contributed by atoms with Gasteiger partial charge in [0.1, 0.15) is 5.92 Å². The number of hydrogen-bond donors (Lipinski definition) is 0. The van der Waals surface area contributed by atoms with Gasteiger partial charge in [-0.05, 0) is 32.0 Å². The first-order valence-electron chi connectivity index (χ1n) is 8.10. The maximum Gasteiger partial charge on any atom is 0.259 e. The molecule has 1 aliphatic rings. The maximum absolute atomic E-state index is 13.2. The van der Waals surface area contributed by atoms with Gasteiger partial charge in [0, 0.05) is 36.4 Å². The summed E-state index contributed by atoms with van der Waals surface area (Å²) in [5.74, 6) is -1.74. The summed E-state index contributed by atoms with van der Waals surface area (Å²) < 4.78 is 1.60. The Balaban J connectivity index is 1.83. The normalized spacial score (nSPS) is 17.0. The molecule has 0 spiro atoms. The highest BCUT2D eigenvalue weighted by atomic mass is 16.2. The van der Waals surface area contributed by atoms with Crippen LogP contribution in [0.2, 0.25) is 0 Å². The van der Waals surface area contributed by atoms with E-state index in [2.05, 4.69) is 20.2 Å². The molecular weight excluding hydrogens is 332 g/mol. The first-order chi connectivity index (χ1) is 12.5. The fraction of sp³-hybridized carbons (Fsp3) is 0.222. The van der Waals surface area contributed by atoms with E-state index < -0.39 is 5.92 Å². The molecule has 0 aliphatic carbocycles. The zero-order valence-corrected chi connectivity index (χ0v) is 14.5. The number of ketones is 1. The second-order valence-electron chi connectivity index (χ2n) is 6.21. The Morgan fingerprint density at radius 3 is 2.65 bits per heavy atom. The van der Waals surface area contributed by atoms with Crippen LogP contribution in [0.5, 0.6) is 0 Å². The molecule has 1 aliphatic heterocycles. The smallest absolute Gasteiger partial charge is 0.259 e. The molecule has 0 aromatic carbocycles. The van der Waals surface area contributed by atoms with Gasteiger partial charge in [0.15, 0.2) is 11.4 Å². The van der Waals surface area contributed by atoms with Gasteiger partial charge in [0.2, 0.25) is 0 Å². The minimum atomic E-state index is -1.02. The average molecular weight is 348 g/mol. The van der Waals surface area contributed by atoms with Gasteiger partial charge < -0.3 is 0 Å². The molecule has 1 atom stereocenters. The molecule has 26 heavy (non-hydrogen) atoms. The number of Topliss-reactive ketones (excluding diaryl/α,β-unsaturated/α-hetero) is 1. The van der Waals surface area contributed by atoms with Crippen molar-refractivity contribution < 1.29 is 9.59 Å². The second-order valence-corrected chi connectivity index (χ2v) is 6.21. The molecule has 0 fully saturated rings. The van der Waals surface area contributed by atoms with Gasteiger partial charge in [-0.3, -0.25) is 14.6 Å². The predicted molar refractivity (Wildman–Crippen MR) is 93.8 cm³/mol. The highest BCUT2D eigenvalue weighted by Crippen LogP contribution is 2.25. The predicted octanol–water partition coefficient (Wildman–Crippen LogP) is 1.42. The topological polar surface area (TPSA) is 92.8 Å². The van der Waals surface area contributed by atoms with Crippen molar-refractivity contribution >= 4 is 23.0 Å². The van der Waals surface area contributed by atoms with E-state index in [9.17, 15) is 9.59 Å². The Morgan fingerprint density at radius 2 is 1.92 bits per heavy atom. The lowest BCUT2D eigenvalue weighted by Crippen LogP contribution is -2.32. The van der Waals surface area contributed by atoms with Crippen LogP contribution < -0.4 is 0 Å². The van der Waals surface area contributed by atoms with E-state index in [1.165, 1.54) is 11.2 Å². The van der Waals surface area contributed by atoms with Crippen LogP contribution in [0.3, 0.4) is 0 Å². The summed E-state index contributed by atoms with van der Waals surface area (Å²) in [4.78, 5) is 34.3. The summed E-state index contributed by atoms with van der Waals surface area (Å²) in [7, 11) is 1.54. The van der Waals surface area contributed by atoms with Crippen molar-refractivity contribution in [1.82, 2.24) is 24.6 Å². The third kappa shape index (κ3) is 2.38. The van der Waals surface area contributed by atoms with Crippen LogP contribution in [-0.2, 0) is 4.79 Å². The standard InChI is InChI=1S/C18H16N6O2/c1-10-8-11(2)24-17(21-10)13(9-20-24)16(25)14-15(22-23(3)18(14)26)12-4-6-19-7-5-12/h4-9,14H,1-3H3. The van der Waals surface area contributed by atoms with Crippen molar-refractivity contribution in [3.8, 4) is 0 Å². The minimum Gasteiger partial charge on any atom is -0.293 e. The van der Waals surface area contributed by atoms with E-state index in [-0.39, 0.29) is 11.7 Å². The Labute approximate surface area is 149 Å². The minimum absolute atomic E-state index is 0.312. The van der Waals surface area contributed by atoms with Crippen molar-refractivity contribution in [1.29, 1.82) is 0 Å². The molecule has 4 heterocycles. The van der Waals surface area contributed by atoms with Crippen LogP contribution in [-0.4, -0.2) is 49.0 Å². The zero-order valence-electron chi connectivity index (χ0n) is 14.5. The number of amides is 1. The Hall–Kier alpha value is -3.42. The molecule has 0 saturated heterocycles. The summed E-state index contributed by atoms with van der Waals surface area (Å²) in [6.07, 6.45) is 4.67. The van der Waals surface area contributed by atoms with Crippen LogP contribution in [0, 0.1) is 19.8 Å². The third-order valence-electron chi connectivity index (χ3n) is 4.38. The molecule has 0 bridgehead atoms. The summed E-state index contributed by atoms with van der Waals surface area (Å²) in [6, 6.07) is 5.34. The molecule has 1 unspecified atom stereocenters. The molecule has 0 saturated carbocycles. The number of pyridine rings is 1. The number of aryl methyl sites for hydroxylation is 2. The van der Waals surface area contributed by atoms with Crippen molar-refractivity contribution in [3.63, 3.8) is 0 Å². The fourth-order valence-corrected chi connectivity index (χ4v) is 3.16. The van der Waals surface area contributed by atoms with E-state index in [1.54, 1.807) is 36.1 Å². The van der Waals surface area contributed by atoms with Gasteiger partial charge in [0.05, 0.1) is 17.5 Å². The van der Waals surface area contributed by atoms with Gasteiger partial charge in [-0.25, -0.2) is 14.5 Å². The fourth-order valence-electron chi connectivity index (χ4n) is 3.16. The van der Waals surface area contributed by atoms with Crippen LogP contribution in [0.15, 0.2) is 41.9 Å². The summed E-state index contributed by atoms with van der Waals surface area (Å²) in [6.45, 7) is 3.74. The summed E-state index contributed by atoms with van der Waals surface area (Å²) in [5, 5.41) is 9.73. The largest absolute Gasteiger partial charge is 0.293 e. The molecule has 4 rings (SSSR count). The number of hydrogen-bond acceptors (Lipinski definition) is 6. The van der Waals surface area contributed by atoms with Gasteiger partial charge >= 0.3 is 0 Å². The monoisotopic (exact) mass is 348 g/mol. The van der Waals surface area contributed by atoms with Crippen LogP contribution in [0.4, 0.5) is 0 Å². The van der Waals surface area contributed by atoms with Crippen molar-refractivity contribution in [3.05, 3.63) is 59.3 Å². The summed E-state index contributed by atoms with van der Waals surface area (Å²) in [5.41, 5.74) is 3.50. The number of fused-ring (bicyclic) bond motifs is 1. The Bertz CT molecular complexity index is 1070. The highest BCUT2D eigenvalue weighted by molar-refractivity contribution is 6.32. The molecule has 8 heteroatoms. The van der Waals surface area contributed by atoms with Gasteiger partial charge in [-0.15, -0.1) is 0 Å². The first-order valence-corrected chi connectivity index (χ1v) is 8.10. The van der Waals surface area contributed by atoms with E-state index in [0.717, 1.165) is 11.4 Å².